The van der Waals surface area contributed by atoms with Gasteiger partial charge in [-0.05, 0) is 44.2 Å². The molecule has 0 radical (unpaired) electrons. The molecule has 0 unspecified atom stereocenters. The highest BCUT2D eigenvalue weighted by molar-refractivity contribution is 7.89. The van der Waals surface area contributed by atoms with Crippen molar-refractivity contribution in [3.05, 3.63) is 22.7 Å². The Morgan fingerprint density at radius 1 is 1.12 bits per heavy atom. The Bertz CT molecular complexity index is 938. The van der Waals surface area contributed by atoms with Crippen LogP contribution in [-0.2, 0) is 24.3 Å². The van der Waals surface area contributed by atoms with E-state index in [1.807, 2.05) is 0 Å². The normalized spacial score (nSPS) is 18.8. The molecule has 1 aliphatic heterocycles. The van der Waals surface area contributed by atoms with E-state index in [-0.39, 0.29) is 53.5 Å². The number of carbonyl (C=O) groups excluding carboxylic acids is 2. The van der Waals surface area contributed by atoms with Gasteiger partial charge in [0, 0.05) is 25.2 Å². The molecule has 0 spiro atoms. The molecule has 0 atom stereocenters. The number of nitrogens with one attached hydrogen (secondary N) is 1. The number of piperidine rings is 1. The zero-order valence-electron chi connectivity index (χ0n) is 18.6. The number of benzene rings is 1. The number of rotatable bonds is 7. The van der Waals surface area contributed by atoms with Crippen LogP contribution in [0.5, 0.6) is 5.75 Å². The number of halogens is 1. The molecule has 2 aliphatic rings. The number of esters is 1. The van der Waals surface area contributed by atoms with Gasteiger partial charge < -0.3 is 14.8 Å². The summed E-state index contributed by atoms with van der Waals surface area (Å²) in [7, 11) is -2.55. The average molecular weight is 487 g/mol. The largest absolute Gasteiger partial charge is 0.483 e. The molecule has 1 N–H and O–H groups in total. The van der Waals surface area contributed by atoms with Crippen LogP contribution in [0.3, 0.4) is 0 Å². The number of sulfonamides is 1. The molecule has 1 aliphatic carbocycles. The van der Waals surface area contributed by atoms with Crippen LogP contribution < -0.4 is 10.1 Å². The minimum absolute atomic E-state index is 0.0658. The fraction of sp³-hybridized carbons (Fsp3) is 0.636. The van der Waals surface area contributed by atoms with Gasteiger partial charge in [-0.1, -0.05) is 30.9 Å². The zero-order valence-corrected chi connectivity index (χ0v) is 20.1. The minimum Gasteiger partial charge on any atom is -0.483 e. The summed E-state index contributed by atoms with van der Waals surface area (Å²) >= 11 is 6.28. The lowest BCUT2D eigenvalue weighted by molar-refractivity contribution is -0.146. The van der Waals surface area contributed by atoms with E-state index in [0.29, 0.717) is 24.2 Å². The maximum absolute atomic E-state index is 13.2. The van der Waals surface area contributed by atoms with Gasteiger partial charge in [0.25, 0.3) is 5.91 Å². The number of ether oxygens (including phenoxy) is 2. The van der Waals surface area contributed by atoms with Crippen LogP contribution in [0.4, 0.5) is 0 Å². The third-order valence-corrected chi connectivity index (χ3v) is 8.53. The summed E-state index contributed by atoms with van der Waals surface area (Å²) in [6.45, 7) is 1.96. The van der Waals surface area contributed by atoms with E-state index in [2.05, 4.69) is 5.32 Å². The summed E-state index contributed by atoms with van der Waals surface area (Å²) in [6.07, 6.45) is 6.15. The van der Waals surface area contributed by atoms with E-state index in [9.17, 15) is 18.0 Å². The summed E-state index contributed by atoms with van der Waals surface area (Å²) in [6, 6.07) is 3.09. The van der Waals surface area contributed by atoms with Crippen molar-refractivity contribution in [1.29, 1.82) is 0 Å². The maximum atomic E-state index is 13.2. The lowest BCUT2D eigenvalue weighted by Crippen LogP contribution is -2.40. The highest BCUT2D eigenvalue weighted by atomic mass is 35.5. The van der Waals surface area contributed by atoms with Crippen LogP contribution in [-0.4, -0.2) is 57.4 Å². The van der Waals surface area contributed by atoms with Crippen molar-refractivity contribution >= 4 is 33.5 Å². The summed E-state index contributed by atoms with van der Waals surface area (Å²) in [4.78, 5) is 23.9. The zero-order chi connectivity index (χ0) is 23.3. The molecule has 10 heteroatoms. The molecule has 1 saturated carbocycles. The molecule has 32 heavy (non-hydrogen) atoms. The molecule has 1 aromatic rings. The molecule has 0 aromatic heterocycles. The first kappa shape index (κ1) is 24.8. The topological polar surface area (TPSA) is 102 Å². The molecule has 3 rings (SSSR count). The molecule has 1 aromatic carbocycles. The quantitative estimate of drug-likeness (QED) is 0.594. The summed E-state index contributed by atoms with van der Waals surface area (Å²) in [5, 5.41) is 3.07. The van der Waals surface area contributed by atoms with E-state index >= 15 is 0 Å². The van der Waals surface area contributed by atoms with Gasteiger partial charge in [0.15, 0.2) is 6.61 Å². The highest BCUT2D eigenvalue weighted by Crippen LogP contribution is 2.33. The Hall–Kier alpha value is -1.84. The highest BCUT2D eigenvalue weighted by Gasteiger charge is 2.34. The van der Waals surface area contributed by atoms with Crippen molar-refractivity contribution < 1.29 is 27.5 Å². The predicted octanol–water partition coefficient (Wildman–Crippen LogP) is 3.05. The molecule has 8 nitrogen and oxygen atoms in total. The van der Waals surface area contributed by atoms with Crippen LogP contribution in [0.25, 0.3) is 0 Å². The summed E-state index contributed by atoms with van der Waals surface area (Å²) < 4.78 is 38.2. The molecule has 1 saturated heterocycles. The standard InChI is InChI=1S/C22H31ClN2O6S/c1-15-12-18(23)20(32(28,29)25-10-8-16(9-11-25)22(27)30-2)13-19(15)31-14-21(26)24-17-6-4-3-5-7-17/h12-13,16-17H,3-11,14H2,1-2H3,(H,24,26). The number of hydrogen-bond donors (Lipinski definition) is 1. The van der Waals surface area contributed by atoms with Gasteiger partial charge in [0.1, 0.15) is 10.6 Å². The lowest BCUT2D eigenvalue weighted by atomic mass is 9.95. The minimum atomic E-state index is -3.88. The lowest BCUT2D eigenvalue weighted by Gasteiger charge is -2.30. The van der Waals surface area contributed by atoms with Crippen molar-refractivity contribution in [2.75, 3.05) is 26.8 Å². The second kappa shape index (κ2) is 10.9. The molecule has 178 valence electrons. The maximum Gasteiger partial charge on any atom is 0.308 e. The first-order chi connectivity index (χ1) is 15.2. The van der Waals surface area contributed by atoms with Crippen molar-refractivity contribution in [1.82, 2.24) is 9.62 Å². The molecular formula is C22H31ClN2O6S. The second-order valence-corrected chi connectivity index (χ2v) is 10.8. The van der Waals surface area contributed by atoms with Crippen molar-refractivity contribution in [3.8, 4) is 5.75 Å². The molecule has 0 bridgehead atoms. The van der Waals surface area contributed by atoms with Crippen LogP contribution in [0.2, 0.25) is 5.02 Å². The fourth-order valence-corrected chi connectivity index (χ4v) is 6.33. The number of amides is 1. The smallest absolute Gasteiger partial charge is 0.308 e. The second-order valence-electron chi connectivity index (χ2n) is 8.44. The number of hydrogen-bond acceptors (Lipinski definition) is 6. The third-order valence-electron chi connectivity index (χ3n) is 6.16. The SMILES string of the molecule is COC(=O)C1CCN(S(=O)(=O)c2cc(OCC(=O)NC3CCCCC3)c(C)cc2Cl)CC1. The monoisotopic (exact) mass is 486 g/mol. The van der Waals surface area contributed by atoms with E-state index in [1.54, 1.807) is 6.92 Å². The van der Waals surface area contributed by atoms with Gasteiger partial charge in [-0.25, -0.2) is 8.42 Å². The Morgan fingerprint density at radius 2 is 1.78 bits per heavy atom. The summed E-state index contributed by atoms with van der Waals surface area (Å²) in [5.74, 6) is -0.545. The number of methoxy groups -OCH3 is 1. The van der Waals surface area contributed by atoms with E-state index in [0.717, 1.165) is 25.7 Å². The van der Waals surface area contributed by atoms with Crippen LogP contribution in [0, 0.1) is 12.8 Å². The Balaban J connectivity index is 1.67. The van der Waals surface area contributed by atoms with Crippen molar-refractivity contribution in [2.24, 2.45) is 5.92 Å². The van der Waals surface area contributed by atoms with Crippen molar-refractivity contribution in [2.45, 2.75) is 62.8 Å². The van der Waals surface area contributed by atoms with E-state index in [1.165, 1.54) is 30.0 Å². The number of nitrogens with zero attached hydrogens (tertiary/aromatic N) is 1. The molecule has 1 amide bonds. The van der Waals surface area contributed by atoms with Gasteiger partial charge in [-0.3, -0.25) is 9.59 Å². The first-order valence-corrected chi connectivity index (χ1v) is 12.8. The molecule has 1 heterocycles. The number of carbonyl (C=O) groups is 2. The van der Waals surface area contributed by atoms with Crippen LogP contribution in [0.1, 0.15) is 50.5 Å². The summed E-state index contributed by atoms with van der Waals surface area (Å²) in [5.41, 5.74) is 0.642. The van der Waals surface area contributed by atoms with E-state index < -0.39 is 10.0 Å². The van der Waals surface area contributed by atoms with Gasteiger partial charge >= 0.3 is 5.97 Å². The molecular weight excluding hydrogens is 456 g/mol. The van der Waals surface area contributed by atoms with E-state index in [4.69, 9.17) is 21.1 Å². The molecule has 2 fully saturated rings. The Morgan fingerprint density at radius 3 is 2.41 bits per heavy atom. The van der Waals surface area contributed by atoms with Gasteiger partial charge in [0.05, 0.1) is 18.1 Å². The van der Waals surface area contributed by atoms with Gasteiger partial charge in [0.2, 0.25) is 10.0 Å². The first-order valence-electron chi connectivity index (χ1n) is 11.0. The van der Waals surface area contributed by atoms with Gasteiger partial charge in [-0.15, -0.1) is 0 Å². The van der Waals surface area contributed by atoms with Gasteiger partial charge in [-0.2, -0.15) is 4.31 Å². The van der Waals surface area contributed by atoms with Crippen LogP contribution >= 0.6 is 11.6 Å². The third kappa shape index (κ3) is 5.94. The average Bonchev–Trinajstić information content (AvgIpc) is 2.78. The fourth-order valence-electron chi connectivity index (χ4n) is 4.28. The van der Waals surface area contributed by atoms with Crippen molar-refractivity contribution in [3.63, 3.8) is 0 Å². The van der Waals surface area contributed by atoms with Crippen LogP contribution in [0.15, 0.2) is 17.0 Å². The number of aryl methyl sites for hydroxylation is 1. The predicted molar refractivity (Wildman–Crippen MR) is 120 cm³/mol. The Kier molecular flexibility index (Phi) is 8.41. The Labute approximate surface area is 194 Å².